The van der Waals surface area contributed by atoms with Gasteiger partial charge >= 0.3 is 6.09 Å². The lowest BCUT2D eigenvalue weighted by Crippen LogP contribution is -2.36. The molecule has 0 aliphatic carbocycles. The number of anilines is 2. The van der Waals surface area contributed by atoms with E-state index in [1.165, 1.54) is 0 Å². The van der Waals surface area contributed by atoms with Crippen LogP contribution < -0.4 is 10.2 Å². The maximum Gasteiger partial charge on any atom is 0.412 e. The smallest absolute Gasteiger partial charge is 0.412 e. The highest BCUT2D eigenvalue weighted by molar-refractivity contribution is 5.86. The van der Waals surface area contributed by atoms with E-state index in [9.17, 15) is 9.59 Å². The second-order valence-electron chi connectivity index (χ2n) is 9.60. The van der Waals surface area contributed by atoms with Crippen LogP contribution in [0.2, 0.25) is 0 Å². The Morgan fingerprint density at radius 2 is 1.79 bits per heavy atom. The van der Waals surface area contributed by atoms with Crippen LogP contribution in [0.3, 0.4) is 0 Å². The van der Waals surface area contributed by atoms with E-state index in [1.54, 1.807) is 0 Å². The summed E-state index contributed by atoms with van der Waals surface area (Å²) in [4.78, 5) is 29.0. The van der Waals surface area contributed by atoms with Crippen LogP contribution in [0.15, 0.2) is 18.2 Å². The van der Waals surface area contributed by atoms with Gasteiger partial charge in [0.2, 0.25) is 5.91 Å². The summed E-state index contributed by atoms with van der Waals surface area (Å²) in [5, 5.41) is 2.81. The Morgan fingerprint density at radius 1 is 1.11 bits per heavy atom. The zero-order chi connectivity index (χ0) is 21.1. The van der Waals surface area contributed by atoms with Crippen LogP contribution in [0.4, 0.5) is 16.2 Å². The van der Waals surface area contributed by atoms with Gasteiger partial charge in [-0.2, -0.15) is 0 Å². The number of amides is 2. The van der Waals surface area contributed by atoms with Crippen LogP contribution in [0.5, 0.6) is 0 Å². The zero-order valence-electron chi connectivity index (χ0n) is 18.4. The number of fused-ring (bicyclic) bond motifs is 1. The number of benzene rings is 1. The van der Waals surface area contributed by atoms with Crippen molar-refractivity contribution in [2.45, 2.75) is 67.0 Å². The molecule has 0 bridgehead atoms. The minimum absolute atomic E-state index is 0.0299. The first-order valence-electron chi connectivity index (χ1n) is 10.0. The average molecular weight is 390 g/mol. The van der Waals surface area contributed by atoms with Crippen molar-refractivity contribution in [3.63, 3.8) is 0 Å². The lowest BCUT2D eigenvalue weighted by atomic mass is 9.91. The van der Waals surface area contributed by atoms with E-state index in [0.29, 0.717) is 25.2 Å². The Hall–Kier alpha value is -2.24. The fourth-order valence-electron chi connectivity index (χ4n) is 3.24. The van der Waals surface area contributed by atoms with E-state index >= 15 is 0 Å². The molecular weight excluding hydrogens is 354 g/mol. The molecule has 1 aromatic rings. The molecule has 0 atom stereocenters. The standard InChI is InChI=1S/C22H35N3O3/c1-8-24-11-12-25(19(26)14-21(2,3)4)15-16-9-10-17(13-18(16)24)23-20(27)28-22(5,6)7/h9-10,13H,8,11-12,14-15H2,1-7H3,(H,23,27). The molecule has 0 radical (unpaired) electrons. The van der Waals surface area contributed by atoms with Crippen LogP contribution in [0.25, 0.3) is 0 Å². The number of carbonyl (C=O) groups is 2. The molecule has 156 valence electrons. The molecule has 6 nitrogen and oxygen atoms in total. The molecule has 0 spiro atoms. The molecule has 0 saturated heterocycles. The number of nitrogens with one attached hydrogen (secondary N) is 1. The molecular formula is C22H35N3O3. The molecule has 1 aliphatic heterocycles. The van der Waals surface area contributed by atoms with E-state index in [4.69, 9.17) is 4.74 Å². The predicted molar refractivity (Wildman–Crippen MR) is 114 cm³/mol. The normalized spacial score (nSPS) is 15.0. The predicted octanol–water partition coefficient (Wildman–Crippen LogP) is 4.64. The number of carbonyl (C=O) groups excluding carboxylic acids is 2. The van der Waals surface area contributed by atoms with Gasteiger partial charge in [-0.1, -0.05) is 26.8 Å². The molecule has 2 rings (SSSR count). The van der Waals surface area contributed by atoms with Crippen LogP contribution in [0, 0.1) is 5.41 Å². The van der Waals surface area contributed by atoms with E-state index in [0.717, 1.165) is 24.3 Å². The zero-order valence-corrected chi connectivity index (χ0v) is 18.4. The first-order chi connectivity index (χ1) is 12.9. The summed E-state index contributed by atoms with van der Waals surface area (Å²) >= 11 is 0. The van der Waals surface area contributed by atoms with Crippen molar-refractivity contribution < 1.29 is 14.3 Å². The molecule has 28 heavy (non-hydrogen) atoms. The van der Waals surface area contributed by atoms with E-state index < -0.39 is 11.7 Å². The number of nitrogens with zero attached hydrogens (tertiary/aromatic N) is 2. The highest BCUT2D eigenvalue weighted by atomic mass is 16.6. The number of hydrogen-bond donors (Lipinski definition) is 1. The maximum atomic E-state index is 12.8. The molecule has 1 heterocycles. The van der Waals surface area contributed by atoms with E-state index in [1.807, 2.05) is 43.9 Å². The molecule has 0 saturated carbocycles. The van der Waals surface area contributed by atoms with Crippen molar-refractivity contribution in [2.24, 2.45) is 5.41 Å². The summed E-state index contributed by atoms with van der Waals surface area (Å²) in [6, 6.07) is 5.84. The summed E-state index contributed by atoms with van der Waals surface area (Å²) in [6.07, 6.45) is 0.0679. The van der Waals surface area contributed by atoms with Gasteiger partial charge in [0, 0.05) is 44.0 Å². The van der Waals surface area contributed by atoms with Crippen LogP contribution >= 0.6 is 0 Å². The van der Waals surface area contributed by atoms with Crippen molar-refractivity contribution in [1.29, 1.82) is 0 Å². The SMILES string of the molecule is CCN1CCN(C(=O)CC(C)(C)C)Cc2ccc(NC(=O)OC(C)(C)C)cc21. The van der Waals surface area contributed by atoms with Gasteiger partial charge in [0.15, 0.2) is 0 Å². The third kappa shape index (κ3) is 6.43. The molecule has 0 unspecified atom stereocenters. The van der Waals surface area contributed by atoms with Crippen molar-refractivity contribution >= 4 is 23.4 Å². The number of rotatable bonds is 3. The van der Waals surface area contributed by atoms with Gasteiger partial charge in [0.05, 0.1) is 0 Å². The van der Waals surface area contributed by atoms with Gasteiger partial charge in [-0.3, -0.25) is 10.1 Å². The van der Waals surface area contributed by atoms with Crippen molar-refractivity contribution in [1.82, 2.24) is 4.90 Å². The Labute approximate surface area is 169 Å². The average Bonchev–Trinajstić information content (AvgIpc) is 2.70. The molecule has 1 aromatic carbocycles. The summed E-state index contributed by atoms with van der Waals surface area (Å²) < 4.78 is 5.34. The topological polar surface area (TPSA) is 61.9 Å². The summed E-state index contributed by atoms with van der Waals surface area (Å²) in [5.41, 5.74) is 2.27. The van der Waals surface area contributed by atoms with Crippen molar-refractivity contribution in [2.75, 3.05) is 29.9 Å². The van der Waals surface area contributed by atoms with Crippen LogP contribution in [-0.4, -0.2) is 42.1 Å². The van der Waals surface area contributed by atoms with E-state index in [-0.39, 0.29) is 11.3 Å². The molecule has 0 aromatic heterocycles. The lowest BCUT2D eigenvalue weighted by Gasteiger charge is -2.26. The quantitative estimate of drug-likeness (QED) is 0.818. The molecule has 0 fully saturated rings. The van der Waals surface area contributed by atoms with Gasteiger partial charge in [-0.15, -0.1) is 0 Å². The largest absolute Gasteiger partial charge is 0.444 e. The summed E-state index contributed by atoms with van der Waals surface area (Å²) in [7, 11) is 0. The lowest BCUT2D eigenvalue weighted by molar-refractivity contribution is -0.133. The fourth-order valence-corrected chi connectivity index (χ4v) is 3.24. The summed E-state index contributed by atoms with van der Waals surface area (Å²) in [5.74, 6) is 0.187. The van der Waals surface area contributed by atoms with Crippen LogP contribution in [-0.2, 0) is 16.1 Å². The monoisotopic (exact) mass is 389 g/mol. The van der Waals surface area contributed by atoms with E-state index in [2.05, 4.69) is 37.9 Å². The number of likely N-dealkylation sites (N-methyl/N-ethyl adjacent to an activating group) is 1. The molecule has 2 amide bonds. The highest BCUT2D eigenvalue weighted by Gasteiger charge is 2.26. The van der Waals surface area contributed by atoms with Crippen molar-refractivity contribution in [3.8, 4) is 0 Å². The third-order valence-electron chi connectivity index (χ3n) is 4.49. The van der Waals surface area contributed by atoms with Gasteiger partial charge in [-0.05, 0) is 50.8 Å². The molecule has 6 heteroatoms. The number of ether oxygens (including phenoxy) is 1. The van der Waals surface area contributed by atoms with Gasteiger partial charge in [-0.25, -0.2) is 4.79 Å². The highest BCUT2D eigenvalue weighted by Crippen LogP contribution is 2.30. The second kappa shape index (κ2) is 8.41. The second-order valence-corrected chi connectivity index (χ2v) is 9.60. The number of hydrogen-bond acceptors (Lipinski definition) is 4. The molecule has 1 aliphatic rings. The Bertz CT molecular complexity index is 717. The first-order valence-corrected chi connectivity index (χ1v) is 10.0. The van der Waals surface area contributed by atoms with Gasteiger partial charge in [0.1, 0.15) is 5.60 Å². The minimum atomic E-state index is -0.543. The van der Waals surface area contributed by atoms with Crippen LogP contribution in [0.1, 0.15) is 60.5 Å². The Balaban J connectivity index is 2.21. The Kier molecular flexibility index (Phi) is 6.63. The van der Waals surface area contributed by atoms with Gasteiger partial charge in [0.25, 0.3) is 0 Å². The maximum absolute atomic E-state index is 12.8. The molecule has 1 N–H and O–H groups in total. The minimum Gasteiger partial charge on any atom is -0.444 e. The van der Waals surface area contributed by atoms with Crippen molar-refractivity contribution in [3.05, 3.63) is 23.8 Å². The Morgan fingerprint density at radius 3 is 2.36 bits per heavy atom. The summed E-state index contributed by atoms with van der Waals surface area (Å²) in [6.45, 7) is 16.8. The first kappa shape index (κ1) is 22.1. The van der Waals surface area contributed by atoms with Gasteiger partial charge < -0.3 is 14.5 Å². The third-order valence-corrected chi connectivity index (χ3v) is 4.49. The fraction of sp³-hybridized carbons (Fsp3) is 0.636.